The van der Waals surface area contributed by atoms with Crippen LogP contribution < -0.4 is 0 Å². The molecule has 0 aliphatic heterocycles. The normalized spacial score (nSPS) is 14.7. The topological polar surface area (TPSA) is 237 Å². The number of phosphoric acid groups is 2. The first-order chi connectivity index (χ1) is 46.4. The predicted octanol–water partition coefficient (Wildman–Crippen LogP) is 22.3. The van der Waals surface area contributed by atoms with E-state index < -0.39 is 97.5 Å². The van der Waals surface area contributed by atoms with E-state index in [-0.39, 0.29) is 25.7 Å². The molecule has 0 aromatic rings. The lowest BCUT2D eigenvalue weighted by Crippen LogP contribution is -2.30. The number of phosphoric ester groups is 2. The average molecular weight is 1410 g/mol. The molecular weight excluding hydrogens is 1260 g/mol. The quantitative estimate of drug-likeness (QED) is 0.0169. The van der Waals surface area contributed by atoms with Crippen LogP contribution in [0.5, 0.6) is 0 Å². The molecule has 96 heavy (non-hydrogen) atoms. The summed E-state index contributed by atoms with van der Waals surface area (Å²) in [7, 11) is -9.93. The zero-order chi connectivity index (χ0) is 70.7. The molecule has 7 atom stereocenters. The predicted molar refractivity (Wildman–Crippen MR) is 391 cm³/mol. The van der Waals surface area contributed by atoms with Crippen molar-refractivity contribution < 1.29 is 80.2 Å². The summed E-state index contributed by atoms with van der Waals surface area (Å²) in [6.45, 7) is 9.53. The van der Waals surface area contributed by atoms with Gasteiger partial charge in [-0.1, -0.05) is 323 Å². The van der Waals surface area contributed by atoms with Crippen molar-refractivity contribution in [1.82, 2.24) is 0 Å². The largest absolute Gasteiger partial charge is 0.472 e. The van der Waals surface area contributed by atoms with Crippen LogP contribution in [-0.4, -0.2) is 96.7 Å². The zero-order valence-corrected chi connectivity index (χ0v) is 63.9. The molecule has 3 N–H and O–H groups in total. The molecule has 566 valence electrons. The SMILES string of the molecule is CCCCCC/C=C\C=C/CCCCCCCC(=O)OC[C@H](COP(=O)(O)OC[C@@H](O)COP(=O)(O)OC[C@@H](COC(=O)CCCCCCCCCCC(C)CC)OC(=O)CCCCCCCCCCC(C)CC)OC(=O)CCCCCCCCCCCCCCCCCCC. The minimum atomic E-state index is -4.97. The van der Waals surface area contributed by atoms with Gasteiger partial charge in [-0.25, -0.2) is 9.13 Å². The summed E-state index contributed by atoms with van der Waals surface area (Å²) in [6.07, 6.45) is 58.9. The monoisotopic (exact) mass is 1410 g/mol. The van der Waals surface area contributed by atoms with E-state index in [2.05, 4.69) is 65.8 Å². The molecule has 0 heterocycles. The van der Waals surface area contributed by atoms with Gasteiger partial charge in [0.25, 0.3) is 0 Å². The van der Waals surface area contributed by atoms with Crippen molar-refractivity contribution in [2.75, 3.05) is 39.6 Å². The molecule has 17 nitrogen and oxygen atoms in total. The number of aliphatic hydroxyl groups excluding tert-OH is 1. The number of carbonyl (C=O) groups excluding carboxylic acids is 4. The van der Waals surface area contributed by atoms with E-state index in [1.54, 1.807) is 0 Å². The third kappa shape index (κ3) is 67.4. The molecule has 0 aliphatic rings. The second-order valence-corrected chi connectivity index (χ2v) is 30.5. The number of carbonyl (C=O) groups is 4. The molecule has 19 heteroatoms. The summed E-state index contributed by atoms with van der Waals surface area (Å²) in [5.41, 5.74) is 0. The van der Waals surface area contributed by atoms with Crippen molar-refractivity contribution in [3.63, 3.8) is 0 Å². The van der Waals surface area contributed by atoms with Crippen molar-refractivity contribution in [1.29, 1.82) is 0 Å². The highest BCUT2D eigenvalue weighted by Crippen LogP contribution is 2.45. The molecule has 0 aromatic heterocycles. The Morgan fingerprint density at radius 1 is 0.333 bits per heavy atom. The van der Waals surface area contributed by atoms with Crippen molar-refractivity contribution in [2.24, 2.45) is 11.8 Å². The van der Waals surface area contributed by atoms with Crippen LogP contribution in [0.3, 0.4) is 0 Å². The Balaban J connectivity index is 5.30. The number of allylic oxidation sites excluding steroid dienone is 4. The van der Waals surface area contributed by atoms with E-state index in [0.29, 0.717) is 25.7 Å². The van der Waals surface area contributed by atoms with Gasteiger partial charge in [-0.3, -0.25) is 37.3 Å². The maximum Gasteiger partial charge on any atom is 0.472 e. The van der Waals surface area contributed by atoms with Crippen molar-refractivity contribution in [3.8, 4) is 0 Å². The lowest BCUT2D eigenvalue weighted by Gasteiger charge is -2.21. The Morgan fingerprint density at radius 3 is 0.885 bits per heavy atom. The van der Waals surface area contributed by atoms with E-state index in [1.165, 1.54) is 173 Å². The Kier molecular flexibility index (Phi) is 66.6. The van der Waals surface area contributed by atoms with Crippen LogP contribution in [0.15, 0.2) is 24.3 Å². The summed E-state index contributed by atoms with van der Waals surface area (Å²) < 4.78 is 68.5. The lowest BCUT2D eigenvalue weighted by molar-refractivity contribution is -0.161. The van der Waals surface area contributed by atoms with Crippen LogP contribution in [-0.2, 0) is 65.4 Å². The van der Waals surface area contributed by atoms with Crippen molar-refractivity contribution in [2.45, 2.75) is 394 Å². The number of rotatable bonds is 74. The van der Waals surface area contributed by atoms with Crippen molar-refractivity contribution in [3.05, 3.63) is 24.3 Å². The second kappa shape index (κ2) is 68.3. The molecule has 0 aromatic carbocycles. The molecule has 0 fully saturated rings. The van der Waals surface area contributed by atoms with Gasteiger partial charge >= 0.3 is 39.5 Å². The Bertz CT molecular complexity index is 1950. The molecule has 0 saturated heterocycles. The number of ether oxygens (including phenoxy) is 4. The van der Waals surface area contributed by atoms with Crippen LogP contribution in [0.2, 0.25) is 0 Å². The van der Waals surface area contributed by atoms with Crippen LogP contribution in [0.1, 0.15) is 375 Å². The van der Waals surface area contributed by atoms with Gasteiger partial charge < -0.3 is 33.8 Å². The third-order valence-electron chi connectivity index (χ3n) is 18.1. The molecule has 0 spiro atoms. The Hall–Kier alpha value is -2.46. The highest BCUT2D eigenvalue weighted by Gasteiger charge is 2.30. The summed E-state index contributed by atoms with van der Waals surface area (Å²) in [6, 6.07) is 0. The molecule has 0 rings (SSSR count). The fraction of sp³-hybridized carbons (Fsp3) is 0.896. The first-order valence-corrected chi connectivity index (χ1v) is 42.4. The maximum absolute atomic E-state index is 13.1. The first-order valence-electron chi connectivity index (χ1n) is 39.4. The number of hydrogen-bond donors (Lipinski definition) is 3. The minimum absolute atomic E-state index is 0.101. The fourth-order valence-electron chi connectivity index (χ4n) is 11.2. The summed E-state index contributed by atoms with van der Waals surface area (Å²) in [5, 5.41) is 10.6. The van der Waals surface area contributed by atoms with Gasteiger partial charge in [-0.05, 0) is 63.2 Å². The van der Waals surface area contributed by atoms with E-state index in [1.807, 2.05) is 0 Å². The highest BCUT2D eigenvalue weighted by atomic mass is 31.2. The number of hydrogen-bond acceptors (Lipinski definition) is 15. The molecule has 0 radical (unpaired) electrons. The van der Waals surface area contributed by atoms with Gasteiger partial charge in [-0.2, -0.15) is 0 Å². The summed E-state index contributed by atoms with van der Waals surface area (Å²) in [5.74, 6) is -0.602. The molecule has 4 unspecified atom stereocenters. The van der Waals surface area contributed by atoms with Crippen molar-refractivity contribution >= 4 is 39.5 Å². The van der Waals surface area contributed by atoms with E-state index in [0.717, 1.165) is 121 Å². The maximum atomic E-state index is 13.1. The van der Waals surface area contributed by atoms with Crippen LogP contribution in [0, 0.1) is 11.8 Å². The van der Waals surface area contributed by atoms with E-state index >= 15 is 0 Å². The van der Waals surface area contributed by atoms with Crippen LogP contribution in [0.25, 0.3) is 0 Å². The Labute approximate surface area is 586 Å². The standard InChI is InChI=1S/C77H146O17P2/c1-7-11-13-15-17-19-21-23-25-26-28-30-32-34-43-49-55-61-76(81)93-72(65-87-74(79)59-53-47-41-33-31-29-27-24-22-20-18-16-14-12-8-2)67-91-95(83,84)89-63-71(78)64-90-96(85,86)92-68-73(94-77(82)62-56-50-44-38-36-40-46-52-58-70(6)10-4)66-88-75(80)60-54-48-42-37-35-39-45-51-57-69(5)9-3/h20,22,24,27,69-73,78H,7-19,21,23,25-26,28-68H2,1-6H3,(H,83,84)(H,85,86)/b22-20-,27-24-/t69?,70?,71-,72-,73-/m1/s1. The van der Waals surface area contributed by atoms with Crippen LogP contribution in [0.4, 0.5) is 0 Å². The van der Waals surface area contributed by atoms with Gasteiger partial charge in [0.1, 0.15) is 19.3 Å². The summed E-state index contributed by atoms with van der Waals surface area (Å²) in [4.78, 5) is 72.9. The molecule has 0 saturated carbocycles. The van der Waals surface area contributed by atoms with E-state index in [4.69, 9.17) is 37.0 Å². The number of aliphatic hydroxyl groups is 1. The zero-order valence-electron chi connectivity index (χ0n) is 62.2. The number of esters is 4. The smallest absolute Gasteiger partial charge is 0.462 e. The fourth-order valence-corrected chi connectivity index (χ4v) is 12.8. The van der Waals surface area contributed by atoms with Gasteiger partial charge in [0.05, 0.1) is 26.4 Å². The lowest BCUT2D eigenvalue weighted by atomic mass is 9.99. The van der Waals surface area contributed by atoms with Gasteiger partial charge in [-0.15, -0.1) is 0 Å². The molecule has 0 bridgehead atoms. The minimum Gasteiger partial charge on any atom is -0.462 e. The van der Waals surface area contributed by atoms with Gasteiger partial charge in [0.2, 0.25) is 0 Å². The number of unbranched alkanes of at least 4 members (excludes halogenated alkanes) is 39. The molecular formula is C77H146O17P2. The summed E-state index contributed by atoms with van der Waals surface area (Å²) >= 11 is 0. The second-order valence-electron chi connectivity index (χ2n) is 27.5. The first kappa shape index (κ1) is 93.5. The van der Waals surface area contributed by atoms with Gasteiger partial charge in [0, 0.05) is 25.7 Å². The average Bonchev–Trinajstić information content (AvgIpc) is 1.32. The van der Waals surface area contributed by atoms with E-state index in [9.17, 15) is 43.2 Å². The molecule has 0 aliphatic carbocycles. The Morgan fingerprint density at radius 2 is 0.583 bits per heavy atom. The highest BCUT2D eigenvalue weighted by molar-refractivity contribution is 7.47. The third-order valence-corrected chi connectivity index (χ3v) is 20.0. The van der Waals surface area contributed by atoms with Gasteiger partial charge in [0.15, 0.2) is 12.2 Å². The van der Waals surface area contributed by atoms with Crippen LogP contribution >= 0.6 is 15.6 Å². The molecule has 0 amide bonds.